The number of amides is 1. The molecule has 0 bridgehead atoms. The van der Waals surface area contributed by atoms with Crippen molar-refractivity contribution in [2.24, 2.45) is 0 Å². The highest BCUT2D eigenvalue weighted by atomic mass is 19.1. The highest BCUT2D eigenvalue weighted by Gasteiger charge is 2.17. The number of nitrogens with two attached hydrogens (primary N) is 1. The van der Waals surface area contributed by atoms with Crippen molar-refractivity contribution in [1.82, 2.24) is 10.3 Å². The second kappa shape index (κ2) is 4.16. The number of nitrogens with zero attached hydrogens (tertiary/aromatic N) is 2. The van der Waals surface area contributed by atoms with Crippen LogP contribution in [0.25, 0.3) is 0 Å². The third-order valence-corrected chi connectivity index (χ3v) is 1.91. The number of carbonyl (C=O) groups excluding carboxylic acids is 1. The van der Waals surface area contributed by atoms with Gasteiger partial charge in [0.15, 0.2) is 0 Å². The number of benzene rings is 1. The molecule has 1 amide bonds. The highest BCUT2D eigenvalue weighted by Crippen LogP contribution is 2.16. The maximum absolute atomic E-state index is 13.2. The van der Waals surface area contributed by atoms with Crippen molar-refractivity contribution in [3.63, 3.8) is 0 Å². The van der Waals surface area contributed by atoms with E-state index in [1.54, 1.807) is 0 Å². The highest BCUT2D eigenvalue weighted by molar-refractivity contribution is 6.05. The van der Waals surface area contributed by atoms with E-state index >= 15 is 0 Å². The topological polar surface area (TPSA) is 94.0 Å². The van der Waals surface area contributed by atoms with E-state index in [9.17, 15) is 13.6 Å². The van der Waals surface area contributed by atoms with E-state index in [4.69, 9.17) is 5.73 Å². The smallest absolute Gasteiger partial charge is 0.281 e. The lowest BCUT2D eigenvalue weighted by atomic mass is 10.3. The Morgan fingerprint density at radius 3 is 2.71 bits per heavy atom. The fraction of sp³-hybridized carbons (Fsp3) is 0. The van der Waals surface area contributed by atoms with Crippen LogP contribution in [0.2, 0.25) is 0 Å². The van der Waals surface area contributed by atoms with Gasteiger partial charge >= 0.3 is 0 Å². The Kier molecular flexibility index (Phi) is 2.69. The summed E-state index contributed by atoms with van der Waals surface area (Å²) in [4.78, 5) is 11.5. The van der Waals surface area contributed by atoms with Crippen LogP contribution in [-0.2, 0) is 0 Å². The van der Waals surface area contributed by atoms with Crippen LogP contribution in [0.15, 0.2) is 22.8 Å². The van der Waals surface area contributed by atoms with Crippen molar-refractivity contribution in [2.45, 2.75) is 0 Å². The lowest BCUT2D eigenvalue weighted by molar-refractivity contribution is 0.101. The number of hydrogen-bond donors (Lipinski definition) is 2. The van der Waals surface area contributed by atoms with Gasteiger partial charge in [0, 0.05) is 6.07 Å². The summed E-state index contributed by atoms with van der Waals surface area (Å²) in [7, 11) is 0. The van der Waals surface area contributed by atoms with Crippen molar-refractivity contribution in [3.8, 4) is 0 Å². The molecule has 17 heavy (non-hydrogen) atoms. The summed E-state index contributed by atoms with van der Waals surface area (Å²) in [6, 6.07) is 2.72. The summed E-state index contributed by atoms with van der Waals surface area (Å²) in [5.74, 6) is -2.67. The normalized spacial score (nSPS) is 10.2. The zero-order chi connectivity index (χ0) is 12.4. The number of anilines is 2. The van der Waals surface area contributed by atoms with E-state index in [1.807, 2.05) is 0 Å². The van der Waals surface area contributed by atoms with Crippen LogP contribution in [0.1, 0.15) is 10.5 Å². The second-order valence-corrected chi connectivity index (χ2v) is 3.08. The Hall–Kier alpha value is -2.51. The zero-order valence-corrected chi connectivity index (χ0v) is 8.28. The first-order valence-electron chi connectivity index (χ1n) is 4.42. The molecule has 0 radical (unpaired) electrons. The van der Waals surface area contributed by atoms with Gasteiger partial charge in [0.2, 0.25) is 11.5 Å². The molecular weight excluding hydrogens is 234 g/mol. The van der Waals surface area contributed by atoms with Gasteiger partial charge in [-0.25, -0.2) is 13.4 Å². The van der Waals surface area contributed by atoms with Gasteiger partial charge in [0.1, 0.15) is 11.6 Å². The summed E-state index contributed by atoms with van der Waals surface area (Å²) in [5.41, 5.74) is 4.81. The maximum atomic E-state index is 13.2. The van der Waals surface area contributed by atoms with Gasteiger partial charge in [0.05, 0.1) is 5.69 Å². The quantitative estimate of drug-likeness (QED) is 0.821. The van der Waals surface area contributed by atoms with Gasteiger partial charge < -0.3 is 11.1 Å². The Morgan fingerprint density at radius 1 is 1.35 bits per heavy atom. The summed E-state index contributed by atoms with van der Waals surface area (Å²) in [6.45, 7) is 0. The van der Waals surface area contributed by atoms with Crippen molar-refractivity contribution in [3.05, 3.63) is 35.5 Å². The molecule has 6 nitrogen and oxygen atoms in total. The van der Waals surface area contributed by atoms with E-state index in [0.29, 0.717) is 6.07 Å². The van der Waals surface area contributed by atoms with E-state index < -0.39 is 17.5 Å². The minimum atomic E-state index is -0.909. The molecule has 2 aromatic rings. The second-order valence-electron chi connectivity index (χ2n) is 3.08. The van der Waals surface area contributed by atoms with Gasteiger partial charge in [-0.15, -0.1) is 0 Å². The Morgan fingerprint density at radius 2 is 2.12 bits per heavy atom. The molecule has 0 saturated heterocycles. The average Bonchev–Trinajstić information content (AvgIpc) is 2.68. The molecule has 0 fully saturated rings. The van der Waals surface area contributed by atoms with Crippen molar-refractivity contribution >= 4 is 17.4 Å². The zero-order valence-electron chi connectivity index (χ0n) is 8.28. The largest absolute Gasteiger partial charge is 0.379 e. The lowest BCUT2D eigenvalue weighted by Gasteiger charge is -2.03. The van der Waals surface area contributed by atoms with E-state index in [1.165, 1.54) is 0 Å². The molecule has 3 N–H and O–H groups in total. The molecule has 1 heterocycles. The lowest BCUT2D eigenvalue weighted by Crippen LogP contribution is -2.15. The van der Waals surface area contributed by atoms with Gasteiger partial charge in [-0.1, -0.05) is 0 Å². The number of carbonyl (C=O) groups is 1. The SMILES string of the molecule is Nc1nonc1C(=O)Nc1ccc(F)cc1F. The predicted octanol–water partition coefficient (Wildman–Crippen LogP) is 1.18. The maximum Gasteiger partial charge on any atom is 0.281 e. The van der Waals surface area contributed by atoms with Crippen molar-refractivity contribution in [1.29, 1.82) is 0 Å². The van der Waals surface area contributed by atoms with Gasteiger partial charge in [-0.2, -0.15) is 0 Å². The molecule has 88 valence electrons. The van der Waals surface area contributed by atoms with Gasteiger partial charge in [-0.3, -0.25) is 4.79 Å². The van der Waals surface area contributed by atoms with E-state index in [2.05, 4.69) is 20.3 Å². The average molecular weight is 240 g/mol. The molecule has 2 rings (SSSR count). The third kappa shape index (κ3) is 2.19. The van der Waals surface area contributed by atoms with Crippen LogP contribution in [0.4, 0.5) is 20.3 Å². The predicted molar refractivity (Wildman–Crippen MR) is 53.0 cm³/mol. The number of rotatable bonds is 2. The molecule has 0 aliphatic rings. The van der Waals surface area contributed by atoms with Crippen LogP contribution in [0.5, 0.6) is 0 Å². The number of nitrogen functional groups attached to an aromatic ring is 1. The van der Waals surface area contributed by atoms with Gasteiger partial charge in [-0.05, 0) is 22.4 Å². The molecule has 0 saturated carbocycles. The van der Waals surface area contributed by atoms with Crippen molar-refractivity contribution in [2.75, 3.05) is 11.1 Å². The van der Waals surface area contributed by atoms with Crippen LogP contribution in [-0.4, -0.2) is 16.2 Å². The molecule has 0 unspecified atom stereocenters. The minimum Gasteiger partial charge on any atom is -0.379 e. The summed E-state index contributed by atoms with van der Waals surface area (Å²) in [6.07, 6.45) is 0. The minimum absolute atomic E-state index is 0.196. The van der Waals surface area contributed by atoms with Crippen LogP contribution in [0.3, 0.4) is 0 Å². The van der Waals surface area contributed by atoms with E-state index in [0.717, 1.165) is 12.1 Å². The Balaban J connectivity index is 2.22. The first-order valence-corrected chi connectivity index (χ1v) is 4.42. The Labute approximate surface area is 93.4 Å². The fourth-order valence-corrected chi connectivity index (χ4v) is 1.13. The van der Waals surface area contributed by atoms with Crippen LogP contribution in [0, 0.1) is 11.6 Å². The molecule has 0 spiro atoms. The number of nitrogens with one attached hydrogen (secondary N) is 1. The monoisotopic (exact) mass is 240 g/mol. The first-order chi connectivity index (χ1) is 8.08. The fourth-order valence-electron chi connectivity index (χ4n) is 1.13. The van der Waals surface area contributed by atoms with E-state index in [-0.39, 0.29) is 17.2 Å². The molecule has 1 aromatic heterocycles. The van der Waals surface area contributed by atoms with Crippen LogP contribution < -0.4 is 11.1 Å². The number of aromatic nitrogens is 2. The summed E-state index contributed by atoms with van der Waals surface area (Å²) < 4.78 is 30.0. The Bertz CT molecular complexity index is 570. The van der Waals surface area contributed by atoms with Gasteiger partial charge in [0.25, 0.3) is 5.91 Å². The molecule has 8 heteroatoms. The first kappa shape index (κ1) is 11.0. The molecular formula is C9H6F2N4O2. The molecule has 1 aromatic carbocycles. The number of halogens is 2. The third-order valence-electron chi connectivity index (χ3n) is 1.91. The van der Waals surface area contributed by atoms with Crippen LogP contribution >= 0.6 is 0 Å². The number of hydrogen-bond acceptors (Lipinski definition) is 5. The molecule has 0 aliphatic heterocycles. The molecule has 0 atom stereocenters. The van der Waals surface area contributed by atoms with Crippen molar-refractivity contribution < 1.29 is 18.2 Å². The summed E-state index contributed by atoms with van der Waals surface area (Å²) >= 11 is 0. The standard InChI is InChI=1S/C9H6F2N4O2/c10-4-1-2-6(5(11)3-4)13-9(16)7-8(12)15-17-14-7/h1-3H,(H2,12,15)(H,13,16). The summed E-state index contributed by atoms with van der Waals surface area (Å²) in [5, 5.41) is 8.59. The molecule has 0 aliphatic carbocycles.